The lowest BCUT2D eigenvalue weighted by atomic mass is 10.0. The monoisotopic (exact) mass is 265 g/mol. The fourth-order valence-electron chi connectivity index (χ4n) is 3.46. The van der Waals surface area contributed by atoms with Crippen LogP contribution in [0.15, 0.2) is 29.2 Å². The zero-order valence-electron chi connectivity index (χ0n) is 10.7. The van der Waals surface area contributed by atoms with Gasteiger partial charge in [-0.1, -0.05) is 18.6 Å². The second-order valence-electron chi connectivity index (χ2n) is 5.60. The Kier molecular flexibility index (Phi) is 2.85. The third-order valence-corrected chi connectivity index (χ3v) is 5.48. The second-order valence-corrected chi connectivity index (χ2v) is 7.58. The predicted molar refractivity (Wildman–Crippen MR) is 72.6 cm³/mol. The molecule has 0 N–H and O–H groups in total. The first kappa shape index (κ1) is 12.0. The summed E-state index contributed by atoms with van der Waals surface area (Å²) in [5.41, 5.74) is 0.898. The summed E-state index contributed by atoms with van der Waals surface area (Å²) in [5.74, 6) is 1.55. The molecule has 0 radical (unpaired) electrons. The highest BCUT2D eigenvalue weighted by Crippen LogP contribution is 2.40. The topological polar surface area (TPSA) is 37.4 Å². The summed E-state index contributed by atoms with van der Waals surface area (Å²) in [6.07, 6.45) is 5.25. The van der Waals surface area contributed by atoms with Crippen molar-refractivity contribution in [2.75, 3.05) is 24.2 Å². The smallest absolute Gasteiger partial charge is 0.177 e. The number of hydrogen-bond acceptors (Lipinski definition) is 3. The van der Waals surface area contributed by atoms with Crippen molar-refractivity contribution in [1.82, 2.24) is 0 Å². The molecule has 98 valence electrons. The highest BCUT2D eigenvalue weighted by molar-refractivity contribution is 7.90. The Morgan fingerprint density at radius 1 is 1.11 bits per heavy atom. The maximum absolute atomic E-state index is 11.8. The van der Waals surface area contributed by atoms with Crippen molar-refractivity contribution < 1.29 is 8.42 Å². The molecule has 0 amide bonds. The molecule has 4 heteroatoms. The van der Waals surface area contributed by atoms with Gasteiger partial charge in [-0.15, -0.1) is 0 Å². The maximum atomic E-state index is 11.8. The Labute approximate surface area is 109 Å². The Bertz CT molecular complexity index is 541. The van der Waals surface area contributed by atoms with Crippen LogP contribution in [0.4, 0.5) is 5.69 Å². The molecule has 1 saturated carbocycles. The minimum atomic E-state index is -3.14. The summed E-state index contributed by atoms with van der Waals surface area (Å²) < 4.78 is 23.7. The molecule has 1 heterocycles. The van der Waals surface area contributed by atoms with Crippen molar-refractivity contribution in [2.45, 2.75) is 24.2 Å². The van der Waals surface area contributed by atoms with E-state index in [0.29, 0.717) is 4.90 Å². The molecule has 1 aromatic rings. The predicted octanol–water partition coefficient (Wildman–Crippen LogP) is 2.33. The number of fused-ring (bicyclic) bond motifs is 1. The van der Waals surface area contributed by atoms with Gasteiger partial charge in [0.15, 0.2) is 9.84 Å². The summed E-state index contributed by atoms with van der Waals surface area (Å²) in [4.78, 5) is 2.75. The van der Waals surface area contributed by atoms with Gasteiger partial charge in [-0.3, -0.25) is 0 Å². The molecule has 2 unspecified atom stereocenters. The van der Waals surface area contributed by atoms with E-state index < -0.39 is 9.84 Å². The summed E-state index contributed by atoms with van der Waals surface area (Å²) in [6.45, 7) is 2.05. The summed E-state index contributed by atoms with van der Waals surface area (Å²) in [7, 11) is -3.14. The lowest BCUT2D eigenvalue weighted by molar-refractivity contribution is 0.494. The lowest BCUT2D eigenvalue weighted by Crippen LogP contribution is -2.22. The first-order valence-corrected chi connectivity index (χ1v) is 8.49. The number of nitrogens with zero attached hydrogens (tertiary/aromatic N) is 1. The zero-order valence-corrected chi connectivity index (χ0v) is 11.5. The van der Waals surface area contributed by atoms with Crippen LogP contribution in [0.1, 0.15) is 19.3 Å². The van der Waals surface area contributed by atoms with Crippen LogP contribution in [0.2, 0.25) is 0 Å². The Morgan fingerprint density at radius 2 is 1.72 bits per heavy atom. The number of rotatable bonds is 2. The number of sulfone groups is 1. The van der Waals surface area contributed by atoms with Gasteiger partial charge in [-0.25, -0.2) is 8.42 Å². The van der Waals surface area contributed by atoms with Crippen LogP contribution in [-0.2, 0) is 9.84 Å². The Balaban J connectivity index is 1.94. The van der Waals surface area contributed by atoms with E-state index in [-0.39, 0.29) is 0 Å². The Morgan fingerprint density at radius 3 is 2.33 bits per heavy atom. The molecule has 3 rings (SSSR count). The van der Waals surface area contributed by atoms with E-state index in [4.69, 9.17) is 0 Å². The third-order valence-electron chi connectivity index (χ3n) is 4.33. The average Bonchev–Trinajstić information content (AvgIpc) is 2.87. The standard InChI is InChI=1S/C14H19NO2S/c1-18(16,17)14-8-3-2-7-13(14)15-9-11-5-4-6-12(11)10-15/h2-3,7-8,11-12H,4-6,9-10H2,1H3. The molecule has 0 spiro atoms. The van der Waals surface area contributed by atoms with Gasteiger partial charge in [0.1, 0.15) is 0 Å². The van der Waals surface area contributed by atoms with Gasteiger partial charge < -0.3 is 4.90 Å². The van der Waals surface area contributed by atoms with Crippen LogP contribution >= 0.6 is 0 Å². The number of hydrogen-bond donors (Lipinski definition) is 0. The molecule has 18 heavy (non-hydrogen) atoms. The van der Waals surface area contributed by atoms with E-state index >= 15 is 0 Å². The van der Waals surface area contributed by atoms with E-state index in [1.807, 2.05) is 12.1 Å². The summed E-state index contributed by atoms with van der Waals surface area (Å²) in [6, 6.07) is 7.39. The highest BCUT2D eigenvalue weighted by Gasteiger charge is 2.37. The normalized spacial score (nSPS) is 27.5. The molecule has 3 nitrogen and oxygen atoms in total. The van der Waals surface area contributed by atoms with Gasteiger partial charge >= 0.3 is 0 Å². The quantitative estimate of drug-likeness (QED) is 0.823. The second kappa shape index (κ2) is 4.26. The van der Waals surface area contributed by atoms with E-state index in [2.05, 4.69) is 4.90 Å². The van der Waals surface area contributed by atoms with E-state index in [0.717, 1.165) is 30.6 Å². The van der Waals surface area contributed by atoms with E-state index in [9.17, 15) is 8.42 Å². The van der Waals surface area contributed by atoms with Crippen molar-refractivity contribution >= 4 is 15.5 Å². The van der Waals surface area contributed by atoms with Crippen LogP contribution in [0.3, 0.4) is 0 Å². The Hall–Kier alpha value is -1.03. The fourth-order valence-corrected chi connectivity index (χ4v) is 4.37. The molecule has 1 aliphatic heterocycles. The van der Waals surface area contributed by atoms with Gasteiger partial charge in [0.05, 0.1) is 10.6 Å². The minimum absolute atomic E-state index is 0.477. The first-order chi connectivity index (χ1) is 8.55. The number of benzene rings is 1. The van der Waals surface area contributed by atoms with Crippen molar-refractivity contribution in [3.8, 4) is 0 Å². The average molecular weight is 265 g/mol. The van der Waals surface area contributed by atoms with Crippen molar-refractivity contribution in [1.29, 1.82) is 0 Å². The van der Waals surface area contributed by atoms with Crippen molar-refractivity contribution in [2.24, 2.45) is 11.8 Å². The number of anilines is 1. The van der Waals surface area contributed by atoms with Gasteiger partial charge in [0, 0.05) is 19.3 Å². The van der Waals surface area contributed by atoms with E-state index in [1.165, 1.54) is 25.5 Å². The van der Waals surface area contributed by atoms with Crippen LogP contribution in [0.25, 0.3) is 0 Å². The molecular weight excluding hydrogens is 246 g/mol. The van der Waals surface area contributed by atoms with Crippen LogP contribution in [0, 0.1) is 11.8 Å². The van der Waals surface area contributed by atoms with Gasteiger partial charge in [0.2, 0.25) is 0 Å². The summed E-state index contributed by atoms with van der Waals surface area (Å²) >= 11 is 0. The van der Waals surface area contributed by atoms with E-state index in [1.54, 1.807) is 12.1 Å². The van der Waals surface area contributed by atoms with Gasteiger partial charge in [-0.2, -0.15) is 0 Å². The van der Waals surface area contributed by atoms with Crippen molar-refractivity contribution in [3.63, 3.8) is 0 Å². The molecule has 2 aliphatic rings. The van der Waals surface area contributed by atoms with Gasteiger partial charge in [-0.05, 0) is 36.8 Å². The van der Waals surface area contributed by atoms with Gasteiger partial charge in [0.25, 0.3) is 0 Å². The van der Waals surface area contributed by atoms with Crippen molar-refractivity contribution in [3.05, 3.63) is 24.3 Å². The summed E-state index contributed by atoms with van der Waals surface area (Å²) in [5, 5.41) is 0. The zero-order chi connectivity index (χ0) is 12.8. The molecule has 2 fully saturated rings. The van der Waals surface area contributed by atoms with Crippen LogP contribution in [-0.4, -0.2) is 27.8 Å². The number of para-hydroxylation sites is 1. The minimum Gasteiger partial charge on any atom is -0.370 e. The first-order valence-electron chi connectivity index (χ1n) is 6.60. The molecule has 2 atom stereocenters. The largest absolute Gasteiger partial charge is 0.370 e. The van der Waals surface area contributed by atoms with Crippen LogP contribution in [0.5, 0.6) is 0 Å². The molecule has 0 bridgehead atoms. The molecular formula is C14H19NO2S. The highest BCUT2D eigenvalue weighted by atomic mass is 32.2. The maximum Gasteiger partial charge on any atom is 0.177 e. The molecule has 1 aromatic carbocycles. The third kappa shape index (κ3) is 2.03. The molecule has 1 saturated heterocycles. The van der Waals surface area contributed by atoms with Crippen LogP contribution < -0.4 is 4.90 Å². The SMILES string of the molecule is CS(=O)(=O)c1ccccc1N1CC2CCCC2C1. The molecule has 1 aliphatic carbocycles. The lowest BCUT2D eigenvalue weighted by Gasteiger charge is -2.22. The molecule has 0 aromatic heterocycles. The fraction of sp³-hybridized carbons (Fsp3) is 0.571.